The Morgan fingerprint density at radius 2 is 1.82 bits per heavy atom. The molecule has 0 saturated heterocycles. The first-order valence-electron chi connectivity index (χ1n) is 8.14. The smallest absolute Gasteiger partial charge is 0.349 e. The molecule has 0 saturated carbocycles. The van der Waals surface area contributed by atoms with Crippen molar-refractivity contribution in [1.29, 1.82) is 0 Å². The fraction of sp³-hybridized carbons (Fsp3) is 0.278. The van der Waals surface area contributed by atoms with E-state index in [4.69, 9.17) is 19.9 Å². The molecule has 0 amide bonds. The van der Waals surface area contributed by atoms with Crippen LogP contribution in [0.1, 0.15) is 17.2 Å². The number of hydrogen-bond donors (Lipinski definition) is 3. The molecule has 0 aliphatic carbocycles. The molecular formula is C18H20N2O8. The molecule has 2 aromatic carbocycles. The number of phenols is 1. The number of rotatable bonds is 9. The first-order chi connectivity index (χ1) is 13.3. The van der Waals surface area contributed by atoms with Crippen LogP contribution >= 0.6 is 0 Å². The predicted molar refractivity (Wildman–Crippen MR) is 98.1 cm³/mol. The first kappa shape index (κ1) is 20.8. The van der Waals surface area contributed by atoms with Crippen molar-refractivity contribution in [3.63, 3.8) is 0 Å². The molecule has 4 N–H and O–H groups in total. The van der Waals surface area contributed by atoms with Crippen molar-refractivity contribution in [3.8, 4) is 23.0 Å². The molecular weight excluding hydrogens is 372 g/mol. The van der Waals surface area contributed by atoms with Crippen LogP contribution in [0.15, 0.2) is 30.3 Å². The van der Waals surface area contributed by atoms with E-state index in [0.29, 0.717) is 18.5 Å². The van der Waals surface area contributed by atoms with Crippen molar-refractivity contribution in [3.05, 3.63) is 51.6 Å². The average molecular weight is 392 g/mol. The summed E-state index contributed by atoms with van der Waals surface area (Å²) >= 11 is 0. The number of nitro benzene ring substituents is 1. The molecule has 0 aliphatic heterocycles. The fourth-order valence-corrected chi connectivity index (χ4v) is 2.60. The van der Waals surface area contributed by atoms with Gasteiger partial charge in [-0.2, -0.15) is 0 Å². The van der Waals surface area contributed by atoms with Crippen molar-refractivity contribution >= 4 is 11.7 Å². The van der Waals surface area contributed by atoms with Gasteiger partial charge in [0.15, 0.2) is 23.0 Å². The number of nitrogens with two attached hydrogens (primary N) is 1. The molecule has 0 radical (unpaired) electrons. The molecule has 1 unspecified atom stereocenters. The van der Waals surface area contributed by atoms with Gasteiger partial charge in [0.2, 0.25) is 6.10 Å². The van der Waals surface area contributed by atoms with Crippen molar-refractivity contribution in [1.82, 2.24) is 0 Å². The minimum atomic E-state index is -1.78. The number of carboxylic acids is 1. The lowest BCUT2D eigenvalue weighted by Gasteiger charge is -2.18. The van der Waals surface area contributed by atoms with E-state index in [9.17, 15) is 25.1 Å². The molecule has 10 heteroatoms. The van der Waals surface area contributed by atoms with E-state index in [1.807, 2.05) is 0 Å². The van der Waals surface area contributed by atoms with Gasteiger partial charge in [0.1, 0.15) is 0 Å². The van der Waals surface area contributed by atoms with E-state index < -0.39 is 22.7 Å². The minimum Gasteiger partial charge on any atom is -0.504 e. The second-order valence-corrected chi connectivity index (χ2v) is 5.70. The van der Waals surface area contributed by atoms with Gasteiger partial charge in [-0.15, -0.1) is 0 Å². The number of aliphatic carboxylic acids is 1. The van der Waals surface area contributed by atoms with Crippen LogP contribution in [0.5, 0.6) is 23.0 Å². The van der Waals surface area contributed by atoms with Crippen LogP contribution in [-0.4, -0.2) is 41.9 Å². The minimum absolute atomic E-state index is 0.0647. The van der Waals surface area contributed by atoms with Crippen molar-refractivity contribution in [2.75, 3.05) is 20.8 Å². The van der Waals surface area contributed by atoms with Crippen molar-refractivity contribution in [2.45, 2.75) is 12.5 Å². The topological polar surface area (TPSA) is 154 Å². The molecule has 28 heavy (non-hydrogen) atoms. The molecule has 10 nitrogen and oxygen atoms in total. The molecule has 0 bridgehead atoms. The third kappa shape index (κ3) is 4.41. The number of aromatic hydroxyl groups is 1. The van der Waals surface area contributed by atoms with E-state index in [0.717, 1.165) is 12.1 Å². The maximum Gasteiger partial charge on any atom is 0.349 e. The largest absolute Gasteiger partial charge is 0.504 e. The summed E-state index contributed by atoms with van der Waals surface area (Å²) in [6.07, 6.45) is -1.30. The summed E-state index contributed by atoms with van der Waals surface area (Å²) in [6, 6.07) is 6.60. The number of ether oxygens (including phenoxy) is 3. The Morgan fingerprint density at radius 1 is 1.18 bits per heavy atom. The maximum absolute atomic E-state index is 11.8. The van der Waals surface area contributed by atoms with Gasteiger partial charge in [-0.25, -0.2) is 4.79 Å². The molecule has 2 rings (SSSR count). The molecule has 0 fully saturated rings. The Kier molecular flexibility index (Phi) is 6.61. The summed E-state index contributed by atoms with van der Waals surface area (Å²) in [5.74, 6) is -1.77. The number of benzene rings is 2. The van der Waals surface area contributed by atoms with E-state index >= 15 is 0 Å². The summed E-state index contributed by atoms with van der Waals surface area (Å²) in [5, 5.41) is 31.1. The van der Waals surface area contributed by atoms with Gasteiger partial charge in [-0.1, -0.05) is 6.07 Å². The second kappa shape index (κ2) is 8.91. The fourth-order valence-electron chi connectivity index (χ4n) is 2.60. The molecule has 0 heterocycles. The van der Waals surface area contributed by atoms with Crippen molar-refractivity contribution in [2.24, 2.45) is 5.73 Å². The van der Waals surface area contributed by atoms with Gasteiger partial charge in [0.05, 0.1) is 30.8 Å². The maximum atomic E-state index is 11.8. The number of hydrogen-bond acceptors (Lipinski definition) is 8. The van der Waals surface area contributed by atoms with E-state index in [1.165, 1.54) is 26.4 Å². The lowest BCUT2D eigenvalue weighted by atomic mass is 10.1. The summed E-state index contributed by atoms with van der Waals surface area (Å²) in [7, 11) is 2.61. The predicted octanol–water partition coefficient (Wildman–Crippen LogP) is 2.02. The Bertz CT molecular complexity index is 884. The number of carboxylic acid groups (broad SMARTS) is 1. The van der Waals surface area contributed by atoms with Crippen LogP contribution in [0.3, 0.4) is 0 Å². The molecule has 0 spiro atoms. The Balaban J connectivity index is 2.57. The van der Waals surface area contributed by atoms with Crippen LogP contribution in [0.2, 0.25) is 0 Å². The molecule has 2 aromatic rings. The van der Waals surface area contributed by atoms with Crippen LogP contribution in [0, 0.1) is 10.1 Å². The zero-order valence-electron chi connectivity index (χ0n) is 15.2. The molecule has 150 valence electrons. The van der Waals surface area contributed by atoms with E-state index in [1.54, 1.807) is 6.07 Å². The summed E-state index contributed by atoms with van der Waals surface area (Å²) in [5.41, 5.74) is 5.42. The van der Waals surface area contributed by atoms with Crippen molar-refractivity contribution < 1.29 is 34.1 Å². The molecule has 0 aliphatic rings. The quantitative estimate of drug-likeness (QED) is 0.429. The van der Waals surface area contributed by atoms with Crippen LogP contribution in [-0.2, 0) is 11.2 Å². The molecule has 1 atom stereocenters. The Labute approximate surface area is 160 Å². The summed E-state index contributed by atoms with van der Waals surface area (Å²) in [4.78, 5) is 22.6. The third-order valence-electron chi connectivity index (χ3n) is 3.94. The lowest BCUT2D eigenvalue weighted by molar-refractivity contribution is -0.386. The van der Waals surface area contributed by atoms with Gasteiger partial charge in [0, 0.05) is 0 Å². The van der Waals surface area contributed by atoms with Crippen LogP contribution in [0.4, 0.5) is 5.69 Å². The highest BCUT2D eigenvalue weighted by molar-refractivity contribution is 5.78. The first-order valence-corrected chi connectivity index (χ1v) is 8.14. The normalized spacial score (nSPS) is 11.5. The summed E-state index contributed by atoms with van der Waals surface area (Å²) < 4.78 is 15.6. The highest BCUT2D eigenvalue weighted by Crippen LogP contribution is 2.40. The Morgan fingerprint density at radius 3 is 2.36 bits per heavy atom. The summed E-state index contributed by atoms with van der Waals surface area (Å²) in [6.45, 7) is 0.341. The standard InChI is InChI=1S/C18H20N2O8/c1-26-15-8-11(12(20(24)25)9-16(15)27-2)17(18(22)23)28-14-7-10(5-6-19)3-4-13(14)21/h3-4,7-9,17,21H,5-6,19H2,1-2H3,(H,22,23). The zero-order chi connectivity index (χ0) is 20.8. The van der Waals surface area contributed by atoms with Gasteiger partial charge in [0.25, 0.3) is 5.69 Å². The van der Waals surface area contributed by atoms with E-state index in [2.05, 4.69) is 0 Å². The van der Waals surface area contributed by atoms with Crippen LogP contribution in [0.25, 0.3) is 0 Å². The number of carbonyl (C=O) groups is 1. The second-order valence-electron chi connectivity index (χ2n) is 5.70. The monoisotopic (exact) mass is 392 g/mol. The number of nitro groups is 1. The highest BCUT2D eigenvalue weighted by atomic mass is 16.6. The van der Waals surface area contributed by atoms with E-state index in [-0.39, 0.29) is 28.6 Å². The van der Waals surface area contributed by atoms with Gasteiger partial charge in [-0.05, 0) is 36.7 Å². The third-order valence-corrected chi connectivity index (χ3v) is 3.94. The number of phenolic OH excluding ortho intramolecular Hbond substituents is 1. The van der Waals surface area contributed by atoms with Gasteiger partial charge < -0.3 is 30.2 Å². The number of nitrogens with zero attached hydrogens (tertiary/aromatic N) is 1. The van der Waals surface area contributed by atoms with Gasteiger partial charge in [-0.3, -0.25) is 10.1 Å². The number of methoxy groups -OCH3 is 2. The Hall–Kier alpha value is -3.53. The highest BCUT2D eigenvalue weighted by Gasteiger charge is 2.33. The lowest BCUT2D eigenvalue weighted by Crippen LogP contribution is -2.20. The van der Waals surface area contributed by atoms with Gasteiger partial charge >= 0.3 is 5.97 Å². The molecule has 0 aromatic heterocycles. The van der Waals surface area contributed by atoms with Crippen LogP contribution < -0.4 is 19.9 Å². The average Bonchev–Trinajstić information content (AvgIpc) is 2.67. The zero-order valence-corrected chi connectivity index (χ0v) is 15.2. The SMILES string of the molecule is COc1cc(C(Oc2cc(CCN)ccc2O)C(=O)O)c([N+](=O)[O-])cc1OC.